The molecule has 0 rings (SSSR count). The molecular formula is C80H153NO5. The van der Waals surface area contributed by atoms with Gasteiger partial charge in [0, 0.05) is 12.8 Å². The zero-order chi connectivity index (χ0) is 62.0. The van der Waals surface area contributed by atoms with E-state index in [9.17, 15) is 19.8 Å². The molecule has 0 aromatic carbocycles. The lowest BCUT2D eigenvalue weighted by molar-refractivity contribution is -0.143. The van der Waals surface area contributed by atoms with Crippen LogP contribution in [0.1, 0.15) is 438 Å². The second kappa shape index (κ2) is 75.5. The van der Waals surface area contributed by atoms with Crippen molar-refractivity contribution in [1.82, 2.24) is 5.32 Å². The fourth-order valence-electron chi connectivity index (χ4n) is 12.4. The summed E-state index contributed by atoms with van der Waals surface area (Å²) < 4.78 is 5.51. The van der Waals surface area contributed by atoms with Crippen LogP contribution in [0.15, 0.2) is 36.5 Å². The van der Waals surface area contributed by atoms with E-state index in [1.807, 2.05) is 0 Å². The maximum atomic E-state index is 12.5. The third-order valence-electron chi connectivity index (χ3n) is 18.4. The van der Waals surface area contributed by atoms with Crippen LogP contribution in [0.25, 0.3) is 0 Å². The van der Waals surface area contributed by atoms with Gasteiger partial charge >= 0.3 is 5.97 Å². The highest BCUT2D eigenvalue weighted by atomic mass is 16.5. The Balaban J connectivity index is 3.32. The van der Waals surface area contributed by atoms with Gasteiger partial charge in [-0.05, 0) is 83.5 Å². The highest BCUT2D eigenvalue weighted by Gasteiger charge is 2.20. The van der Waals surface area contributed by atoms with Crippen LogP contribution >= 0.6 is 0 Å². The van der Waals surface area contributed by atoms with E-state index in [2.05, 4.69) is 55.6 Å². The SMILES string of the molecule is CCCCC/C=C\C/C=C\CCCCCCCCCCCC(=O)OCCCCCCCCCCCCCCCC/C=C\CCCCCCCCCCCCCCCCCCCC(=O)NC(CO)C(O)CCCCCCCCCCCCCCCCC. The van der Waals surface area contributed by atoms with Gasteiger partial charge < -0.3 is 20.3 Å². The molecule has 3 N–H and O–H groups in total. The lowest BCUT2D eigenvalue weighted by Crippen LogP contribution is -2.45. The van der Waals surface area contributed by atoms with E-state index in [0.29, 0.717) is 25.9 Å². The first-order chi connectivity index (χ1) is 42.5. The van der Waals surface area contributed by atoms with E-state index in [1.165, 1.54) is 353 Å². The predicted octanol–water partition coefficient (Wildman–Crippen LogP) is 25.8. The van der Waals surface area contributed by atoms with Gasteiger partial charge in [0.15, 0.2) is 0 Å². The Morgan fingerprint density at radius 1 is 0.326 bits per heavy atom. The molecular weight excluding hydrogens is 1050 g/mol. The van der Waals surface area contributed by atoms with Crippen LogP contribution in [0.4, 0.5) is 0 Å². The molecule has 1 amide bonds. The molecule has 0 heterocycles. The van der Waals surface area contributed by atoms with Gasteiger partial charge in [-0.25, -0.2) is 0 Å². The van der Waals surface area contributed by atoms with Crippen LogP contribution in [-0.4, -0.2) is 47.4 Å². The molecule has 6 nitrogen and oxygen atoms in total. The first-order valence-electron chi connectivity index (χ1n) is 39.2. The van der Waals surface area contributed by atoms with Gasteiger partial charge in [-0.1, -0.05) is 378 Å². The van der Waals surface area contributed by atoms with E-state index < -0.39 is 12.1 Å². The van der Waals surface area contributed by atoms with E-state index in [0.717, 1.165) is 51.4 Å². The topological polar surface area (TPSA) is 95.9 Å². The normalized spacial score (nSPS) is 12.7. The summed E-state index contributed by atoms with van der Waals surface area (Å²) in [6.45, 7) is 4.97. The number of hydrogen-bond acceptors (Lipinski definition) is 5. The molecule has 0 aromatic rings. The zero-order valence-corrected chi connectivity index (χ0v) is 58.3. The number of aliphatic hydroxyl groups is 2. The molecule has 0 saturated carbocycles. The molecule has 2 unspecified atom stereocenters. The summed E-state index contributed by atoms with van der Waals surface area (Å²) in [7, 11) is 0. The van der Waals surface area contributed by atoms with Crippen molar-refractivity contribution in [3.63, 3.8) is 0 Å². The number of carbonyl (C=O) groups excluding carboxylic acids is 2. The number of allylic oxidation sites excluding steroid dienone is 6. The quantitative estimate of drug-likeness (QED) is 0.0320. The van der Waals surface area contributed by atoms with Gasteiger partial charge in [0.25, 0.3) is 0 Å². The van der Waals surface area contributed by atoms with E-state index in [-0.39, 0.29) is 18.5 Å². The van der Waals surface area contributed by atoms with Crippen molar-refractivity contribution in [2.75, 3.05) is 13.2 Å². The molecule has 508 valence electrons. The molecule has 0 saturated heterocycles. The number of ether oxygens (including phenoxy) is 1. The molecule has 0 bridgehead atoms. The highest BCUT2D eigenvalue weighted by Crippen LogP contribution is 2.20. The van der Waals surface area contributed by atoms with Crippen LogP contribution in [0, 0.1) is 0 Å². The minimum absolute atomic E-state index is 0.0171. The molecule has 0 aliphatic carbocycles. The molecule has 0 aliphatic rings. The predicted molar refractivity (Wildman–Crippen MR) is 379 cm³/mol. The van der Waals surface area contributed by atoms with Crippen LogP contribution in [0.5, 0.6) is 0 Å². The second-order valence-corrected chi connectivity index (χ2v) is 27.0. The standard InChI is InChI=1S/C80H153NO5/c1-3-5-7-9-11-13-15-17-19-20-38-42-46-50-54-58-62-66-70-74-80(85)86-75-71-67-63-59-55-51-47-43-40-37-35-33-31-29-27-25-23-21-22-24-26-28-30-32-34-36-39-41-45-49-53-57-61-65-69-73-79(84)81-77(76-82)78(83)72-68-64-60-56-52-48-44-18-16-14-12-10-8-6-4-2/h11,13,17,19,23,25,77-78,82-83H,3-10,12,14-16,18,20-22,24,26-76H2,1-2H3,(H,81,84)/b13-11-,19-17-,25-23-. The molecule has 0 spiro atoms. The van der Waals surface area contributed by atoms with Gasteiger partial charge in [-0.3, -0.25) is 9.59 Å². The number of aliphatic hydroxyl groups excluding tert-OH is 2. The number of esters is 1. The fraction of sp³-hybridized carbons (Fsp3) is 0.900. The van der Waals surface area contributed by atoms with Gasteiger partial charge in [0.05, 0.1) is 25.4 Å². The zero-order valence-electron chi connectivity index (χ0n) is 58.3. The Morgan fingerprint density at radius 3 is 0.919 bits per heavy atom. The van der Waals surface area contributed by atoms with Crippen LogP contribution < -0.4 is 5.32 Å². The number of rotatable bonds is 74. The Morgan fingerprint density at radius 2 is 0.581 bits per heavy atom. The number of amides is 1. The molecule has 2 atom stereocenters. The summed E-state index contributed by atoms with van der Waals surface area (Å²) in [5.41, 5.74) is 0. The molecule has 0 fully saturated rings. The average molecular weight is 1210 g/mol. The van der Waals surface area contributed by atoms with Crippen LogP contribution in [0.3, 0.4) is 0 Å². The van der Waals surface area contributed by atoms with Gasteiger partial charge in [-0.2, -0.15) is 0 Å². The van der Waals surface area contributed by atoms with Gasteiger partial charge in [-0.15, -0.1) is 0 Å². The summed E-state index contributed by atoms with van der Waals surface area (Å²) >= 11 is 0. The molecule has 0 aromatic heterocycles. The molecule has 86 heavy (non-hydrogen) atoms. The molecule has 0 radical (unpaired) electrons. The number of nitrogens with one attached hydrogen (secondary N) is 1. The first kappa shape index (κ1) is 84.1. The fourth-order valence-corrected chi connectivity index (χ4v) is 12.4. The average Bonchev–Trinajstić information content (AvgIpc) is 3.54. The van der Waals surface area contributed by atoms with Crippen molar-refractivity contribution in [1.29, 1.82) is 0 Å². The maximum absolute atomic E-state index is 12.5. The summed E-state index contributed by atoms with van der Waals surface area (Å²) in [5, 5.41) is 23.4. The summed E-state index contributed by atoms with van der Waals surface area (Å²) in [5.74, 6) is -0.0111. The summed E-state index contributed by atoms with van der Waals surface area (Å²) in [6, 6.07) is -0.539. The van der Waals surface area contributed by atoms with Gasteiger partial charge in [0.1, 0.15) is 0 Å². The first-order valence-corrected chi connectivity index (χ1v) is 39.2. The van der Waals surface area contributed by atoms with Crippen molar-refractivity contribution >= 4 is 11.9 Å². The molecule has 6 heteroatoms. The largest absolute Gasteiger partial charge is 0.466 e. The summed E-state index contributed by atoms with van der Waals surface area (Å²) in [6.07, 6.45) is 98.1. The van der Waals surface area contributed by atoms with Crippen molar-refractivity contribution in [3.05, 3.63) is 36.5 Å². The van der Waals surface area contributed by atoms with Crippen molar-refractivity contribution in [2.45, 2.75) is 450 Å². The van der Waals surface area contributed by atoms with Crippen molar-refractivity contribution in [3.8, 4) is 0 Å². The Labute approximate surface area is 538 Å². The third kappa shape index (κ3) is 71.2. The number of unbranched alkanes of at least 4 members (excludes halogenated alkanes) is 57. The second-order valence-electron chi connectivity index (χ2n) is 27.0. The van der Waals surface area contributed by atoms with Gasteiger partial charge in [0.2, 0.25) is 5.91 Å². The summed E-state index contributed by atoms with van der Waals surface area (Å²) in [4.78, 5) is 24.6. The Hall–Kier alpha value is -1.92. The Kier molecular flexibility index (Phi) is 73.9. The highest BCUT2D eigenvalue weighted by molar-refractivity contribution is 5.76. The van der Waals surface area contributed by atoms with E-state index in [1.54, 1.807) is 0 Å². The maximum Gasteiger partial charge on any atom is 0.305 e. The minimum atomic E-state index is -0.662. The van der Waals surface area contributed by atoms with E-state index in [4.69, 9.17) is 4.74 Å². The number of hydrogen-bond donors (Lipinski definition) is 3. The van der Waals surface area contributed by atoms with Crippen molar-refractivity contribution < 1.29 is 24.5 Å². The van der Waals surface area contributed by atoms with Crippen LogP contribution in [-0.2, 0) is 14.3 Å². The van der Waals surface area contributed by atoms with E-state index >= 15 is 0 Å². The monoisotopic (exact) mass is 1210 g/mol. The van der Waals surface area contributed by atoms with Crippen LogP contribution in [0.2, 0.25) is 0 Å². The third-order valence-corrected chi connectivity index (χ3v) is 18.4. The lowest BCUT2D eigenvalue weighted by Gasteiger charge is -2.22. The number of carbonyl (C=O) groups is 2. The van der Waals surface area contributed by atoms with Crippen molar-refractivity contribution in [2.24, 2.45) is 0 Å². The minimum Gasteiger partial charge on any atom is -0.466 e. The Bertz CT molecular complexity index is 1390. The lowest BCUT2D eigenvalue weighted by atomic mass is 10.0. The smallest absolute Gasteiger partial charge is 0.305 e. The molecule has 0 aliphatic heterocycles.